The maximum atomic E-state index is 6.14. The molecule has 0 aromatic carbocycles. The van der Waals surface area contributed by atoms with Gasteiger partial charge in [0.1, 0.15) is 9.76 Å². The van der Waals surface area contributed by atoms with E-state index in [0.29, 0.717) is 0 Å². The fourth-order valence-electron chi connectivity index (χ4n) is 1.93. The molecule has 0 amide bonds. The van der Waals surface area contributed by atoms with E-state index in [1.807, 2.05) is 0 Å². The lowest BCUT2D eigenvalue weighted by Gasteiger charge is -2.31. The molecule has 9 heteroatoms. The fraction of sp³-hybridized carbons (Fsp3) is 1.00. The minimum atomic E-state index is -2.42. The van der Waals surface area contributed by atoms with Gasteiger partial charge in [-0.05, 0) is 38.8 Å². The predicted octanol–water partition coefficient (Wildman–Crippen LogP) is 1.94. The van der Waals surface area contributed by atoms with Gasteiger partial charge in [0.05, 0.1) is 0 Å². The molecule has 19 heavy (non-hydrogen) atoms. The Kier molecular flexibility index (Phi) is 8.48. The first-order chi connectivity index (χ1) is 8.60. The van der Waals surface area contributed by atoms with Crippen molar-refractivity contribution in [2.75, 3.05) is 21.3 Å². The van der Waals surface area contributed by atoms with Crippen LogP contribution in [0.4, 0.5) is 0 Å². The summed E-state index contributed by atoms with van der Waals surface area (Å²) in [5.74, 6) is 0. The SMILES string of the molecule is CO[Si](CC[SiH2]O[Si](C)(C)O[Si](C)(C)C)(OC)OC. The molecule has 0 spiro atoms. The molecule has 0 heterocycles. The standard InChI is InChI=1S/C10H30O5Si4/c1-11-19(12-2,13-3)10-9-16-14-18(7,8)15-17(4,5)6/h9-10,16H2,1-8H3. The van der Waals surface area contributed by atoms with E-state index in [9.17, 15) is 0 Å². The first-order valence-corrected chi connectivity index (χ1v) is 16.3. The van der Waals surface area contributed by atoms with Crippen LogP contribution in [0, 0.1) is 0 Å². The van der Waals surface area contributed by atoms with E-state index in [4.69, 9.17) is 21.5 Å². The molecule has 0 unspecified atom stereocenters. The number of rotatable bonds is 10. The first kappa shape index (κ1) is 19.7. The lowest BCUT2D eigenvalue weighted by molar-refractivity contribution is 0.125. The van der Waals surface area contributed by atoms with E-state index >= 15 is 0 Å². The monoisotopic (exact) mass is 342 g/mol. The van der Waals surface area contributed by atoms with Crippen LogP contribution in [-0.2, 0) is 21.5 Å². The predicted molar refractivity (Wildman–Crippen MR) is 87.9 cm³/mol. The Labute approximate surface area is 123 Å². The van der Waals surface area contributed by atoms with Crippen LogP contribution in [0.2, 0.25) is 44.8 Å². The van der Waals surface area contributed by atoms with Crippen LogP contribution in [0.25, 0.3) is 0 Å². The zero-order chi connectivity index (χ0) is 15.2. The highest BCUT2D eigenvalue weighted by Gasteiger charge is 2.37. The van der Waals surface area contributed by atoms with Crippen molar-refractivity contribution in [3.05, 3.63) is 0 Å². The highest BCUT2D eigenvalue weighted by Crippen LogP contribution is 2.18. The molecule has 116 valence electrons. The van der Waals surface area contributed by atoms with E-state index in [1.54, 1.807) is 21.3 Å². The molecule has 5 nitrogen and oxygen atoms in total. The van der Waals surface area contributed by atoms with Crippen molar-refractivity contribution in [3.63, 3.8) is 0 Å². The van der Waals surface area contributed by atoms with Gasteiger partial charge in [0.15, 0.2) is 8.32 Å². The maximum Gasteiger partial charge on any atom is 0.499 e. The summed E-state index contributed by atoms with van der Waals surface area (Å²) in [4.78, 5) is 0. The van der Waals surface area contributed by atoms with Crippen molar-refractivity contribution in [2.45, 2.75) is 44.8 Å². The van der Waals surface area contributed by atoms with E-state index in [2.05, 4.69) is 32.7 Å². The molecular formula is C10H30O5Si4. The van der Waals surface area contributed by atoms with E-state index in [1.165, 1.54) is 0 Å². The van der Waals surface area contributed by atoms with Crippen molar-refractivity contribution >= 4 is 35.4 Å². The number of hydrogen-bond donors (Lipinski definition) is 0. The van der Waals surface area contributed by atoms with Crippen LogP contribution < -0.4 is 0 Å². The van der Waals surface area contributed by atoms with E-state index in [0.717, 1.165) is 12.1 Å². The van der Waals surface area contributed by atoms with Crippen LogP contribution in [0.1, 0.15) is 0 Å². The molecule has 0 rings (SSSR count). The van der Waals surface area contributed by atoms with Gasteiger partial charge in [-0.25, -0.2) is 0 Å². The molecule has 0 bridgehead atoms. The molecular weight excluding hydrogens is 312 g/mol. The van der Waals surface area contributed by atoms with Crippen LogP contribution in [0.15, 0.2) is 0 Å². The average molecular weight is 343 g/mol. The summed E-state index contributed by atoms with van der Waals surface area (Å²) in [5, 5.41) is 0. The Bertz CT molecular complexity index is 245. The summed E-state index contributed by atoms with van der Waals surface area (Å²) in [6.07, 6.45) is 0. The van der Waals surface area contributed by atoms with Gasteiger partial charge in [0, 0.05) is 27.4 Å². The molecule has 0 N–H and O–H groups in total. The second kappa shape index (κ2) is 8.19. The van der Waals surface area contributed by atoms with Gasteiger partial charge in [0.2, 0.25) is 0 Å². The Morgan fingerprint density at radius 3 is 1.68 bits per heavy atom. The van der Waals surface area contributed by atoms with Gasteiger partial charge in [-0.2, -0.15) is 0 Å². The summed E-state index contributed by atoms with van der Waals surface area (Å²) < 4.78 is 28.4. The highest BCUT2D eigenvalue weighted by atomic mass is 28.5. The quantitative estimate of drug-likeness (QED) is 0.448. The molecule has 0 aliphatic carbocycles. The molecule has 0 saturated heterocycles. The third kappa shape index (κ3) is 8.52. The molecule has 0 atom stereocenters. The van der Waals surface area contributed by atoms with Gasteiger partial charge in [-0.3, -0.25) is 0 Å². The van der Waals surface area contributed by atoms with Crippen LogP contribution >= 0.6 is 0 Å². The summed E-state index contributed by atoms with van der Waals surface area (Å²) in [7, 11) is -1.56. The summed E-state index contributed by atoms with van der Waals surface area (Å²) in [6, 6.07) is 1.81. The summed E-state index contributed by atoms with van der Waals surface area (Å²) in [5.41, 5.74) is 0. The second-order valence-electron chi connectivity index (χ2n) is 5.86. The highest BCUT2D eigenvalue weighted by molar-refractivity contribution is 6.82. The molecule has 0 aromatic heterocycles. The second-order valence-corrected chi connectivity index (χ2v) is 19.1. The summed E-state index contributed by atoms with van der Waals surface area (Å²) >= 11 is 0. The number of hydrogen-bond acceptors (Lipinski definition) is 5. The van der Waals surface area contributed by atoms with Crippen molar-refractivity contribution in [3.8, 4) is 0 Å². The van der Waals surface area contributed by atoms with Crippen molar-refractivity contribution in [1.82, 2.24) is 0 Å². The van der Waals surface area contributed by atoms with Gasteiger partial charge in [0.25, 0.3) is 0 Å². The minimum Gasteiger partial charge on any atom is -0.442 e. The van der Waals surface area contributed by atoms with E-state index in [-0.39, 0.29) is 0 Å². The smallest absolute Gasteiger partial charge is 0.442 e. The molecule has 0 aliphatic rings. The Morgan fingerprint density at radius 2 is 1.32 bits per heavy atom. The topological polar surface area (TPSA) is 46.2 Å². The average Bonchev–Trinajstić information content (AvgIpc) is 2.27. The molecule has 0 aromatic rings. The molecule has 0 radical (unpaired) electrons. The Hall–Kier alpha value is 0.668. The zero-order valence-corrected chi connectivity index (χ0v) is 18.1. The Balaban J connectivity index is 4.09. The Morgan fingerprint density at radius 1 is 0.842 bits per heavy atom. The van der Waals surface area contributed by atoms with E-state index < -0.39 is 35.4 Å². The lowest BCUT2D eigenvalue weighted by atomic mass is 11.0. The maximum absolute atomic E-state index is 6.14. The summed E-state index contributed by atoms with van der Waals surface area (Å²) in [6.45, 7) is 10.9. The zero-order valence-electron chi connectivity index (χ0n) is 13.7. The van der Waals surface area contributed by atoms with Gasteiger partial charge < -0.3 is 21.5 Å². The molecule has 0 fully saturated rings. The fourth-order valence-corrected chi connectivity index (χ4v) is 14.6. The van der Waals surface area contributed by atoms with Gasteiger partial charge >= 0.3 is 17.4 Å². The van der Waals surface area contributed by atoms with Crippen LogP contribution in [0.3, 0.4) is 0 Å². The normalized spacial score (nSPS) is 14.5. The first-order valence-electron chi connectivity index (χ1n) is 6.59. The van der Waals surface area contributed by atoms with Crippen LogP contribution in [0.5, 0.6) is 0 Å². The van der Waals surface area contributed by atoms with Gasteiger partial charge in [-0.15, -0.1) is 0 Å². The van der Waals surface area contributed by atoms with Crippen molar-refractivity contribution < 1.29 is 21.5 Å². The lowest BCUT2D eigenvalue weighted by Crippen LogP contribution is -2.46. The van der Waals surface area contributed by atoms with Gasteiger partial charge in [-0.1, -0.05) is 0 Å². The molecule has 0 aliphatic heterocycles. The van der Waals surface area contributed by atoms with Crippen molar-refractivity contribution in [1.29, 1.82) is 0 Å². The molecule has 0 saturated carbocycles. The van der Waals surface area contributed by atoms with Crippen molar-refractivity contribution in [2.24, 2.45) is 0 Å². The third-order valence-corrected chi connectivity index (χ3v) is 14.8. The minimum absolute atomic E-state index is 0.616. The third-order valence-electron chi connectivity index (χ3n) is 2.56. The van der Waals surface area contributed by atoms with Crippen LogP contribution in [-0.4, -0.2) is 56.8 Å². The largest absolute Gasteiger partial charge is 0.499 e.